The topological polar surface area (TPSA) is 85.3 Å². The van der Waals surface area contributed by atoms with Crippen LogP contribution in [0.3, 0.4) is 0 Å². The van der Waals surface area contributed by atoms with Crippen molar-refractivity contribution in [1.29, 1.82) is 0 Å². The third kappa shape index (κ3) is 4.32. The molecule has 0 bridgehead atoms. The van der Waals surface area contributed by atoms with Gasteiger partial charge in [-0.05, 0) is 43.3 Å². The second-order valence-electron chi connectivity index (χ2n) is 7.17. The standard InChI is InChI=1S/C21H22N2O5S2/c1-14(28-17-6-4-3-5-7-17)20(24)22-21-23(15-8-10-16(27-2)11-9-15)18-12-30(25,26)13-19(18)29-21/h3-11,14,18-19H,12-13H2,1-2H3/t14-,18+,19+/m1/s1. The third-order valence-electron chi connectivity index (χ3n) is 5.03. The second kappa shape index (κ2) is 8.31. The monoisotopic (exact) mass is 446 g/mol. The van der Waals surface area contributed by atoms with E-state index in [0.29, 0.717) is 16.7 Å². The van der Waals surface area contributed by atoms with Crippen LogP contribution in [0.25, 0.3) is 0 Å². The number of thioether (sulfide) groups is 1. The van der Waals surface area contributed by atoms with Crippen LogP contribution in [0.4, 0.5) is 5.69 Å². The number of nitrogens with zero attached hydrogens (tertiary/aromatic N) is 2. The molecule has 2 aliphatic rings. The average molecular weight is 447 g/mol. The maximum absolute atomic E-state index is 12.7. The number of benzene rings is 2. The largest absolute Gasteiger partial charge is 0.497 e. The van der Waals surface area contributed by atoms with Gasteiger partial charge in [0.2, 0.25) is 0 Å². The van der Waals surface area contributed by atoms with Crippen LogP contribution in [0.15, 0.2) is 59.6 Å². The Hall–Kier alpha value is -2.52. The first kappa shape index (κ1) is 20.7. The van der Waals surface area contributed by atoms with E-state index in [1.165, 1.54) is 11.8 Å². The second-order valence-corrected chi connectivity index (χ2v) is 10.5. The van der Waals surface area contributed by atoms with Crippen LogP contribution in [-0.2, 0) is 14.6 Å². The Morgan fingerprint density at radius 3 is 2.47 bits per heavy atom. The van der Waals surface area contributed by atoms with E-state index >= 15 is 0 Å². The van der Waals surface area contributed by atoms with Gasteiger partial charge in [-0.2, -0.15) is 4.99 Å². The molecule has 0 aromatic heterocycles. The van der Waals surface area contributed by atoms with Crippen molar-refractivity contribution in [2.24, 2.45) is 4.99 Å². The fraction of sp³-hybridized carbons (Fsp3) is 0.333. The lowest BCUT2D eigenvalue weighted by molar-refractivity contribution is -0.123. The molecule has 30 heavy (non-hydrogen) atoms. The zero-order chi connectivity index (χ0) is 21.3. The number of amides is 1. The lowest BCUT2D eigenvalue weighted by Crippen LogP contribution is -2.38. The Balaban J connectivity index is 1.60. The molecule has 9 heteroatoms. The number of rotatable bonds is 5. The summed E-state index contributed by atoms with van der Waals surface area (Å²) in [5, 5.41) is 0.340. The van der Waals surface area contributed by atoms with Gasteiger partial charge < -0.3 is 14.4 Å². The molecule has 1 amide bonds. The molecule has 0 spiro atoms. The average Bonchev–Trinajstić information content (AvgIpc) is 3.19. The van der Waals surface area contributed by atoms with Gasteiger partial charge in [0.25, 0.3) is 5.91 Å². The highest BCUT2D eigenvalue weighted by atomic mass is 32.2. The summed E-state index contributed by atoms with van der Waals surface area (Å²) in [7, 11) is -1.54. The van der Waals surface area contributed by atoms with Crippen molar-refractivity contribution >= 4 is 38.4 Å². The van der Waals surface area contributed by atoms with Crippen LogP contribution in [0, 0.1) is 0 Å². The molecule has 158 valence electrons. The van der Waals surface area contributed by atoms with Gasteiger partial charge >= 0.3 is 0 Å². The SMILES string of the molecule is COc1ccc(N2C(=NC(=O)[C@@H](C)Oc3ccccc3)S[C@H]3CS(=O)(=O)C[C@@H]32)cc1. The first-order valence-electron chi connectivity index (χ1n) is 9.51. The van der Waals surface area contributed by atoms with Crippen molar-refractivity contribution in [2.75, 3.05) is 23.5 Å². The lowest BCUT2D eigenvalue weighted by Gasteiger charge is -2.24. The Bertz CT molecular complexity index is 1050. The Labute approximate surface area is 180 Å². The number of methoxy groups -OCH3 is 1. The molecule has 4 rings (SSSR count). The predicted molar refractivity (Wildman–Crippen MR) is 118 cm³/mol. The Kier molecular flexibility index (Phi) is 5.75. The number of carbonyl (C=O) groups excluding carboxylic acids is 1. The van der Waals surface area contributed by atoms with Gasteiger partial charge in [-0.1, -0.05) is 30.0 Å². The summed E-state index contributed by atoms with van der Waals surface area (Å²) in [5.74, 6) is 0.994. The maximum atomic E-state index is 12.7. The number of fused-ring (bicyclic) bond motifs is 1. The van der Waals surface area contributed by atoms with Gasteiger partial charge in [0.05, 0.1) is 24.7 Å². The lowest BCUT2D eigenvalue weighted by atomic mass is 10.2. The van der Waals surface area contributed by atoms with Crippen molar-refractivity contribution in [3.05, 3.63) is 54.6 Å². The number of sulfone groups is 1. The van der Waals surface area contributed by atoms with E-state index in [4.69, 9.17) is 9.47 Å². The third-order valence-corrected chi connectivity index (χ3v) is 8.24. The highest BCUT2D eigenvalue weighted by molar-refractivity contribution is 8.16. The minimum absolute atomic E-state index is 0.0416. The normalized spacial score (nSPS) is 24.5. The fourth-order valence-corrected chi connectivity index (χ4v) is 7.47. The van der Waals surface area contributed by atoms with Gasteiger partial charge in [-0.15, -0.1) is 0 Å². The van der Waals surface area contributed by atoms with E-state index in [1.54, 1.807) is 38.3 Å². The number of aliphatic imine (C=N–C) groups is 1. The summed E-state index contributed by atoms with van der Waals surface area (Å²) in [6.07, 6.45) is -0.762. The number of hydrogen-bond acceptors (Lipinski definition) is 6. The zero-order valence-corrected chi connectivity index (χ0v) is 18.2. The first-order valence-corrected chi connectivity index (χ1v) is 12.2. The minimum atomic E-state index is -3.12. The van der Waals surface area contributed by atoms with Crippen LogP contribution in [0.5, 0.6) is 11.5 Å². The van der Waals surface area contributed by atoms with Crippen LogP contribution in [-0.4, -0.2) is 55.5 Å². The molecular weight excluding hydrogens is 424 g/mol. The molecule has 2 aromatic carbocycles. The zero-order valence-electron chi connectivity index (χ0n) is 16.6. The van der Waals surface area contributed by atoms with E-state index in [-0.39, 0.29) is 22.8 Å². The molecule has 0 radical (unpaired) electrons. The summed E-state index contributed by atoms with van der Waals surface area (Å²) in [5.41, 5.74) is 0.774. The number of hydrogen-bond donors (Lipinski definition) is 0. The smallest absolute Gasteiger partial charge is 0.288 e. The first-order chi connectivity index (χ1) is 14.4. The molecule has 2 fully saturated rings. The van der Waals surface area contributed by atoms with Crippen LogP contribution in [0.2, 0.25) is 0 Å². The molecule has 2 saturated heterocycles. The number of amidine groups is 1. The molecule has 3 atom stereocenters. The molecule has 0 unspecified atom stereocenters. The number of carbonyl (C=O) groups is 1. The summed E-state index contributed by atoms with van der Waals surface area (Å²) in [6.45, 7) is 1.65. The number of para-hydroxylation sites is 1. The van der Waals surface area contributed by atoms with Crippen LogP contribution in [0.1, 0.15) is 6.92 Å². The van der Waals surface area contributed by atoms with Crippen molar-refractivity contribution in [2.45, 2.75) is 24.3 Å². The van der Waals surface area contributed by atoms with E-state index in [0.717, 1.165) is 5.69 Å². The van der Waals surface area contributed by atoms with Crippen molar-refractivity contribution in [3.8, 4) is 11.5 Å². The molecule has 2 aromatic rings. The van der Waals surface area contributed by atoms with Crippen molar-refractivity contribution in [1.82, 2.24) is 0 Å². The molecule has 0 saturated carbocycles. The maximum Gasteiger partial charge on any atom is 0.288 e. The summed E-state index contributed by atoms with van der Waals surface area (Å²) in [6, 6.07) is 16.1. The minimum Gasteiger partial charge on any atom is -0.497 e. The van der Waals surface area contributed by atoms with Gasteiger partial charge in [-0.25, -0.2) is 8.42 Å². The fourth-order valence-electron chi connectivity index (χ4n) is 3.55. The summed E-state index contributed by atoms with van der Waals surface area (Å²) < 4.78 is 35.2. The van der Waals surface area contributed by atoms with Gasteiger partial charge in [-0.3, -0.25) is 4.79 Å². The molecule has 7 nitrogen and oxygen atoms in total. The van der Waals surface area contributed by atoms with Gasteiger partial charge in [0.15, 0.2) is 21.1 Å². The van der Waals surface area contributed by atoms with Crippen molar-refractivity contribution in [3.63, 3.8) is 0 Å². The number of anilines is 1. The van der Waals surface area contributed by atoms with Crippen molar-refractivity contribution < 1.29 is 22.7 Å². The summed E-state index contributed by atoms with van der Waals surface area (Å²) in [4.78, 5) is 18.9. The molecule has 2 heterocycles. The van der Waals surface area contributed by atoms with E-state index in [1.807, 2.05) is 35.2 Å². The Morgan fingerprint density at radius 2 is 1.80 bits per heavy atom. The highest BCUT2D eigenvalue weighted by Crippen LogP contribution is 2.41. The van der Waals surface area contributed by atoms with Gasteiger partial charge in [0, 0.05) is 10.9 Å². The van der Waals surface area contributed by atoms with E-state index in [2.05, 4.69) is 4.99 Å². The molecule has 2 aliphatic heterocycles. The van der Waals surface area contributed by atoms with Crippen LogP contribution < -0.4 is 14.4 Å². The molecule has 0 aliphatic carbocycles. The summed E-state index contributed by atoms with van der Waals surface area (Å²) >= 11 is 1.34. The van der Waals surface area contributed by atoms with E-state index in [9.17, 15) is 13.2 Å². The number of ether oxygens (including phenoxy) is 2. The van der Waals surface area contributed by atoms with E-state index < -0.39 is 21.8 Å². The molecular formula is C21H22N2O5S2. The highest BCUT2D eigenvalue weighted by Gasteiger charge is 2.49. The van der Waals surface area contributed by atoms with Crippen LogP contribution >= 0.6 is 11.8 Å². The Morgan fingerprint density at radius 1 is 1.10 bits per heavy atom. The predicted octanol–water partition coefficient (Wildman–Crippen LogP) is 2.76. The van der Waals surface area contributed by atoms with Gasteiger partial charge in [0.1, 0.15) is 11.5 Å². The quantitative estimate of drug-likeness (QED) is 0.698. The molecule has 0 N–H and O–H groups in total.